The van der Waals surface area contributed by atoms with E-state index in [1.807, 2.05) is 24.4 Å². The van der Waals surface area contributed by atoms with Crippen molar-refractivity contribution >= 4 is 22.8 Å². The van der Waals surface area contributed by atoms with Gasteiger partial charge < -0.3 is 14.5 Å². The van der Waals surface area contributed by atoms with Gasteiger partial charge in [0.1, 0.15) is 0 Å². The molecule has 0 amide bonds. The first-order chi connectivity index (χ1) is 10.2. The Hall–Kier alpha value is -2.30. The van der Waals surface area contributed by atoms with Crippen LogP contribution in [0, 0.1) is 0 Å². The summed E-state index contributed by atoms with van der Waals surface area (Å²) in [5.74, 6) is -0.765. The lowest BCUT2D eigenvalue weighted by Crippen LogP contribution is -2.22. The monoisotopic (exact) mass is 287 g/mol. The van der Waals surface area contributed by atoms with Gasteiger partial charge >= 0.3 is 11.9 Å². The van der Waals surface area contributed by atoms with Gasteiger partial charge in [0.15, 0.2) is 0 Å². The molecule has 1 aromatic heterocycles. The minimum Gasteiger partial charge on any atom is -0.463 e. The van der Waals surface area contributed by atoms with E-state index in [-0.39, 0.29) is 5.97 Å². The molecule has 1 N–H and O–H groups in total. The van der Waals surface area contributed by atoms with Crippen LogP contribution in [0.15, 0.2) is 30.5 Å². The minimum atomic E-state index is -0.703. The van der Waals surface area contributed by atoms with E-state index >= 15 is 0 Å². The molecule has 5 heteroatoms. The highest BCUT2D eigenvalue weighted by Crippen LogP contribution is 2.20. The number of aromatic amines is 1. The maximum atomic E-state index is 11.7. The first kappa shape index (κ1) is 13.7. The van der Waals surface area contributed by atoms with Crippen molar-refractivity contribution in [3.8, 4) is 0 Å². The van der Waals surface area contributed by atoms with Gasteiger partial charge in [-0.15, -0.1) is 0 Å². The number of hydrogen-bond acceptors (Lipinski definition) is 4. The van der Waals surface area contributed by atoms with Crippen molar-refractivity contribution in [3.05, 3.63) is 36.0 Å². The van der Waals surface area contributed by atoms with Crippen LogP contribution in [0.4, 0.5) is 0 Å². The summed E-state index contributed by atoms with van der Waals surface area (Å²) in [7, 11) is 0. The fourth-order valence-electron chi connectivity index (χ4n) is 2.56. The molecule has 1 fully saturated rings. The number of benzene rings is 1. The summed E-state index contributed by atoms with van der Waals surface area (Å²) in [6.07, 6.45) is 3.54. The Morgan fingerprint density at radius 2 is 2.24 bits per heavy atom. The van der Waals surface area contributed by atoms with Crippen LogP contribution in [0.5, 0.6) is 0 Å². The molecule has 1 saturated heterocycles. The summed E-state index contributed by atoms with van der Waals surface area (Å²) in [6, 6.07) is 8.08. The molecule has 0 spiro atoms. The van der Waals surface area contributed by atoms with Crippen LogP contribution < -0.4 is 0 Å². The topological polar surface area (TPSA) is 68.4 Å². The fourth-order valence-corrected chi connectivity index (χ4v) is 2.56. The lowest BCUT2D eigenvalue weighted by atomic mass is 10.1. The lowest BCUT2D eigenvalue weighted by Gasteiger charge is -2.07. The molecule has 5 nitrogen and oxygen atoms in total. The van der Waals surface area contributed by atoms with Crippen LogP contribution in [-0.4, -0.2) is 29.6 Å². The second-order valence-electron chi connectivity index (χ2n) is 5.15. The molecule has 0 aliphatic carbocycles. The molecule has 0 bridgehead atoms. The second-order valence-corrected chi connectivity index (χ2v) is 5.15. The van der Waals surface area contributed by atoms with Crippen molar-refractivity contribution in [1.82, 2.24) is 4.98 Å². The van der Waals surface area contributed by atoms with Gasteiger partial charge in [0.2, 0.25) is 6.10 Å². The number of rotatable bonds is 5. The standard InChI is InChI=1S/C16H17NO4/c18-15(21-14-8-9-20-16(14)19)7-3-4-11-10-17-13-6-2-1-5-12(11)13/h1-2,5-6,10,14,17H,3-4,7-9H2/t14-/m0/s1. The Balaban J connectivity index is 1.49. The number of ether oxygens (including phenoxy) is 2. The van der Waals surface area contributed by atoms with Gasteiger partial charge in [-0.25, -0.2) is 4.79 Å². The number of esters is 2. The normalized spacial score (nSPS) is 17.9. The highest BCUT2D eigenvalue weighted by Gasteiger charge is 2.29. The Bertz CT molecular complexity index is 661. The number of H-pyrrole nitrogens is 1. The van der Waals surface area contributed by atoms with Crippen molar-refractivity contribution in [2.75, 3.05) is 6.61 Å². The van der Waals surface area contributed by atoms with E-state index in [0.717, 1.165) is 11.9 Å². The van der Waals surface area contributed by atoms with Crippen molar-refractivity contribution in [1.29, 1.82) is 0 Å². The Morgan fingerprint density at radius 1 is 1.38 bits per heavy atom. The molecular weight excluding hydrogens is 270 g/mol. The van der Waals surface area contributed by atoms with Crippen molar-refractivity contribution in [2.24, 2.45) is 0 Å². The number of cyclic esters (lactones) is 1. The number of para-hydroxylation sites is 1. The first-order valence-electron chi connectivity index (χ1n) is 7.15. The molecule has 1 atom stereocenters. The summed E-state index contributed by atoms with van der Waals surface area (Å²) >= 11 is 0. The molecule has 2 heterocycles. The van der Waals surface area contributed by atoms with Crippen molar-refractivity contribution in [2.45, 2.75) is 31.8 Å². The maximum Gasteiger partial charge on any atom is 0.347 e. The molecule has 1 aromatic carbocycles. The Labute approximate surface area is 122 Å². The second kappa shape index (κ2) is 5.99. The van der Waals surface area contributed by atoms with E-state index in [1.165, 1.54) is 10.9 Å². The largest absolute Gasteiger partial charge is 0.463 e. The number of nitrogens with one attached hydrogen (secondary N) is 1. The van der Waals surface area contributed by atoms with Gasteiger partial charge in [-0.1, -0.05) is 18.2 Å². The van der Waals surface area contributed by atoms with Crippen LogP contribution in [0.3, 0.4) is 0 Å². The minimum absolute atomic E-state index is 0.309. The lowest BCUT2D eigenvalue weighted by molar-refractivity contribution is -0.160. The molecule has 3 rings (SSSR count). The van der Waals surface area contributed by atoms with Gasteiger partial charge in [0, 0.05) is 29.9 Å². The van der Waals surface area contributed by atoms with Crippen molar-refractivity contribution < 1.29 is 19.1 Å². The average molecular weight is 287 g/mol. The van der Waals surface area contributed by atoms with E-state index in [4.69, 9.17) is 9.47 Å². The van der Waals surface area contributed by atoms with Crippen LogP contribution in [0.1, 0.15) is 24.8 Å². The molecule has 1 aliphatic rings. The fraction of sp³-hybridized carbons (Fsp3) is 0.375. The van der Waals surface area contributed by atoms with E-state index < -0.39 is 12.1 Å². The summed E-state index contributed by atoms with van der Waals surface area (Å²) in [5, 5.41) is 1.19. The number of carbonyl (C=O) groups is 2. The SMILES string of the molecule is O=C(CCCc1c[nH]c2ccccc12)O[C@H]1CCOC1=O. The van der Waals surface area contributed by atoms with Gasteiger partial charge in [0.05, 0.1) is 6.61 Å². The number of aromatic nitrogens is 1. The average Bonchev–Trinajstić information content (AvgIpc) is 3.07. The zero-order chi connectivity index (χ0) is 14.7. The predicted molar refractivity (Wildman–Crippen MR) is 76.7 cm³/mol. The predicted octanol–water partition coefficient (Wildman–Crippen LogP) is 2.35. The highest BCUT2D eigenvalue weighted by atomic mass is 16.6. The number of aryl methyl sites for hydroxylation is 1. The van der Waals surface area contributed by atoms with E-state index in [0.29, 0.717) is 25.9 Å². The zero-order valence-electron chi connectivity index (χ0n) is 11.6. The van der Waals surface area contributed by atoms with Crippen LogP contribution in [0.25, 0.3) is 10.9 Å². The summed E-state index contributed by atoms with van der Waals surface area (Å²) in [6.45, 7) is 0.339. The third kappa shape index (κ3) is 3.07. The van der Waals surface area contributed by atoms with Gasteiger partial charge in [-0.05, 0) is 24.5 Å². The first-order valence-corrected chi connectivity index (χ1v) is 7.15. The third-order valence-electron chi connectivity index (χ3n) is 3.66. The Kier molecular flexibility index (Phi) is 3.90. The van der Waals surface area contributed by atoms with Gasteiger partial charge in [0.25, 0.3) is 0 Å². The van der Waals surface area contributed by atoms with E-state index in [1.54, 1.807) is 0 Å². The van der Waals surface area contributed by atoms with Gasteiger partial charge in [-0.2, -0.15) is 0 Å². The molecule has 2 aromatic rings. The third-order valence-corrected chi connectivity index (χ3v) is 3.66. The zero-order valence-corrected chi connectivity index (χ0v) is 11.6. The molecule has 110 valence electrons. The summed E-state index contributed by atoms with van der Waals surface area (Å²) in [5.41, 5.74) is 2.29. The summed E-state index contributed by atoms with van der Waals surface area (Å²) in [4.78, 5) is 26.1. The van der Waals surface area contributed by atoms with Crippen LogP contribution in [-0.2, 0) is 25.5 Å². The number of carbonyl (C=O) groups excluding carboxylic acids is 2. The van der Waals surface area contributed by atoms with Gasteiger partial charge in [-0.3, -0.25) is 4.79 Å². The van der Waals surface area contributed by atoms with E-state index in [9.17, 15) is 9.59 Å². The number of fused-ring (bicyclic) bond motifs is 1. The Morgan fingerprint density at radius 3 is 3.05 bits per heavy atom. The molecule has 0 unspecified atom stereocenters. The quantitative estimate of drug-likeness (QED) is 0.857. The smallest absolute Gasteiger partial charge is 0.347 e. The van der Waals surface area contributed by atoms with Crippen LogP contribution in [0.2, 0.25) is 0 Å². The van der Waals surface area contributed by atoms with E-state index in [2.05, 4.69) is 11.1 Å². The molecule has 21 heavy (non-hydrogen) atoms. The highest BCUT2D eigenvalue weighted by molar-refractivity contribution is 5.83. The molecule has 1 aliphatic heterocycles. The molecular formula is C16H17NO4. The summed E-state index contributed by atoms with van der Waals surface area (Å²) < 4.78 is 9.87. The molecule has 0 radical (unpaired) electrons. The number of hydrogen-bond donors (Lipinski definition) is 1. The van der Waals surface area contributed by atoms with Crippen molar-refractivity contribution in [3.63, 3.8) is 0 Å². The maximum absolute atomic E-state index is 11.7. The molecule has 0 saturated carbocycles. The van der Waals surface area contributed by atoms with Crippen LogP contribution >= 0.6 is 0 Å².